The van der Waals surface area contributed by atoms with E-state index in [9.17, 15) is 9.59 Å². The Balaban J connectivity index is 1.96. The molecule has 0 aliphatic carbocycles. The number of rotatable bonds is 3. The van der Waals surface area contributed by atoms with Gasteiger partial charge in [0.1, 0.15) is 5.56 Å². The Hall–Kier alpha value is -3.09. The lowest BCUT2D eigenvalue weighted by Crippen LogP contribution is -2.14. The Morgan fingerprint density at radius 2 is 2.05 bits per heavy atom. The van der Waals surface area contributed by atoms with E-state index in [2.05, 4.69) is 20.5 Å². The van der Waals surface area contributed by atoms with Crippen LogP contribution in [0.15, 0.2) is 30.5 Å². The number of H-pyrrole nitrogens is 2. The number of carboxylic acids is 1. The van der Waals surface area contributed by atoms with Crippen molar-refractivity contribution in [1.29, 1.82) is 0 Å². The average molecular weight is 284 g/mol. The minimum Gasteiger partial charge on any atom is -0.478 e. The molecule has 0 unspecified atom stereocenters. The fourth-order valence-electron chi connectivity index (χ4n) is 2.22. The summed E-state index contributed by atoms with van der Waals surface area (Å²) in [6.45, 7) is 1.63. The quantitative estimate of drug-likeness (QED) is 0.590. The van der Waals surface area contributed by atoms with Crippen LogP contribution in [-0.2, 0) is 0 Å². The Bertz CT molecular complexity index is 847. The van der Waals surface area contributed by atoms with E-state index in [1.54, 1.807) is 19.1 Å². The first-order valence-corrected chi connectivity index (χ1v) is 6.23. The summed E-state index contributed by atoms with van der Waals surface area (Å²) in [5.74, 6) is -1.56. The fraction of sp³-hybridized carbons (Fsp3) is 0.0714. The van der Waals surface area contributed by atoms with E-state index in [0.29, 0.717) is 11.1 Å². The summed E-state index contributed by atoms with van der Waals surface area (Å²) in [5.41, 5.74) is 1.71. The molecule has 0 spiro atoms. The van der Waals surface area contributed by atoms with Crippen molar-refractivity contribution in [3.8, 4) is 0 Å². The first-order valence-electron chi connectivity index (χ1n) is 6.23. The predicted molar refractivity (Wildman–Crippen MR) is 76.5 cm³/mol. The van der Waals surface area contributed by atoms with E-state index >= 15 is 0 Å². The number of nitrogens with zero attached hydrogens (tertiary/aromatic N) is 1. The van der Waals surface area contributed by atoms with Crippen LogP contribution in [0.3, 0.4) is 0 Å². The number of aryl methyl sites for hydroxylation is 1. The highest BCUT2D eigenvalue weighted by molar-refractivity contribution is 6.13. The summed E-state index contributed by atoms with van der Waals surface area (Å²) < 4.78 is 0. The van der Waals surface area contributed by atoms with E-state index in [1.165, 1.54) is 6.20 Å². The van der Waals surface area contributed by atoms with Crippen LogP contribution in [0, 0.1) is 6.92 Å². The molecule has 7 heteroatoms. The predicted octanol–water partition coefficient (Wildman–Crippen LogP) is 2.15. The number of carbonyl (C=O) groups is 2. The molecule has 21 heavy (non-hydrogen) atoms. The van der Waals surface area contributed by atoms with E-state index in [4.69, 9.17) is 5.11 Å². The van der Waals surface area contributed by atoms with Crippen LogP contribution in [0.1, 0.15) is 26.5 Å². The number of benzene rings is 1. The number of carbonyl (C=O) groups excluding carboxylic acids is 1. The molecular weight excluding hydrogens is 272 g/mol. The van der Waals surface area contributed by atoms with Crippen molar-refractivity contribution < 1.29 is 14.7 Å². The Morgan fingerprint density at radius 1 is 1.29 bits per heavy atom. The third-order valence-electron chi connectivity index (χ3n) is 3.22. The minimum absolute atomic E-state index is 0.0446. The summed E-state index contributed by atoms with van der Waals surface area (Å²) in [6.07, 6.45) is 1.45. The largest absolute Gasteiger partial charge is 0.478 e. The third-order valence-corrected chi connectivity index (χ3v) is 3.22. The number of amides is 1. The second kappa shape index (κ2) is 4.78. The smallest absolute Gasteiger partial charge is 0.339 e. The molecule has 0 bridgehead atoms. The van der Waals surface area contributed by atoms with Crippen LogP contribution in [0.4, 0.5) is 5.69 Å². The highest BCUT2D eigenvalue weighted by Gasteiger charge is 2.20. The lowest BCUT2D eigenvalue weighted by Gasteiger charge is -2.03. The second-order valence-corrected chi connectivity index (χ2v) is 4.58. The van der Waals surface area contributed by atoms with Gasteiger partial charge in [0.25, 0.3) is 5.91 Å². The molecule has 0 saturated heterocycles. The number of aromatic amines is 2. The normalized spacial score (nSPS) is 10.7. The van der Waals surface area contributed by atoms with E-state index in [-0.39, 0.29) is 16.9 Å². The molecule has 1 aromatic carbocycles. The maximum atomic E-state index is 12.3. The molecule has 3 aromatic rings. The first-order chi connectivity index (χ1) is 10.1. The molecule has 0 fully saturated rings. The van der Waals surface area contributed by atoms with Gasteiger partial charge in [-0.15, -0.1) is 0 Å². The van der Waals surface area contributed by atoms with Gasteiger partial charge in [0.05, 0.1) is 11.2 Å². The highest BCUT2D eigenvalue weighted by atomic mass is 16.4. The van der Waals surface area contributed by atoms with Crippen molar-refractivity contribution in [1.82, 2.24) is 15.2 Å². The molecule has 0 aliphatic rings. The maximum Gasteiger partial charge on any atom is 0.339 e. The number of nitrogens with one attached hydrogen (secondary N) is 3. The van der Waals surface area contributed by atoms with Crippen LogP contribution < -0.4 is 5.32 Å². The standard InChI is InChI=1S/C14H12N4O3/c1-7-11(14(20)21)10(6-15-7)16-13(19)12-8-4-2-3-5-9(8)17-18-12/h2-6,15H,1H3,(H,16,19)(H,17,18)(H,20,21). The lowest BCUT2D eigenvalue weighted by molar-refractivity contribution is 0.0697. The van der Waals surface area contributed by atoms with Crippen molar-refractivity contribution >= 4 is 28.5 Å². The van der Waals surface area contributed by atoms with Crippen molar-refractivity contribution in [2.75, 3.05) is 5.32 Å². The van der Waals surface area contributed by atoms with Crippen LogP contribution in [0.5, 0.6) is 0 Å². The molecule has 2 aromatic heterocycles. The van der Waals surface area contributed by atoms with Gasteiger partial charge in [-0.3, -0.25) is 9.89 Å². The molecule has 0 saturated carbocycles. The molecule has 3 rings (SSSR count). The summed E-state index contributed by atoms with van der Waals surface area (Å²) in [6, 6.07) is 7.22. The summed E-state index contributed by atoms with van der Waals surface area (Å²) in [5, 5.41) is 19.2. The molecule has 0 aliphatic heterocycles. The number of hydrogen-bond donors (Lipinski definition) is 4. The Labute approximate surface area is 119 Å². The minimum atomic E-state index is -1.10. The number of hydrogen-bond acceptors (Lipinski definition) is 3. The zero-order valence-electron chi connectivity index (χ0n) is 11.1. The van der Waals surface area contributed by atoms with Gasteiger partial charge < -0.3 is 15.4 Å². The molecule has 0 radical (unpaired) electrons. The van der Waals surface area contributed by atoms with Gasteiger partial charge in [-0.2, -0.15) is 5.10 Å². The van der Waals surface area contributed by atoms with Gasteiger partial charge in [-0.05, 0) is 13.0 Å². The molecule has 0 atom stereocenters. The second-order valence-electron chi connectivity index (χ2n) is 4.58. The summed E-state index contributed by atoms with van der Waals surface area (Å²) >= 11 is 0. The molecule has 4 N–H and O–H groups in total. The van der Waals surface area contributed by atoms with Crippen LogP contribution in [-0.4, -0.2) is 32.2 Å². The van der Waals surface area contributed by atoms with E-state index < -0.39 is 11.9 Å². The monoisotopic (exact) mass is 284 g/mol. The number of anilines is 1. The van der Waals surface area contributed by atoms with Crippen LogP contribution in [0.2, 0.25) is 0 Å². The number of carboxylic acid groups (broad SMARTS) is 1. The van der Waals surface area contributed by atoms with E-state index in [0.717, 1.165) is 5.52 Å². The van der Waals surface area contributed by atoms with Gasteiger partial charge in [0.15, 0.2) is 5.69 Å². The van der Waals surface area contributed by atoms with Gasteiger partial charge in [-0.1, -0.05) is 18.2 Å². The lowest BCUT2D eigenvalue weighted by atomic mass is 10.2. The SMILES string of the molecule is Cc1[nH]cc(NC(=O)c2n[nH]c3ccccc23)c1C(=O)O. The first kappa shape index (κ1) is 12.9. The summed E-state index contributed by atoms with van der Waals surface area (Å²) in [7, 11) is 0. The van der Waals surface area contributed by atoms with Gasteiger partial charge >= 0.3 is 5.97 Å². The molecule has 106 valence electrons. The number of para-hydroxylation sites is 1. The number of fused-ring (bicyclic) bond motifs is 1. The molecule has 2 heterocycles. The van der Waals surface area contributed by atoms with Crippen LogP contribution >= 0.6 is 0 Å². The fourth-order valence-corrected chi connectivity index (χ4v) is 2.22. The molecule has 1 amide bonds. The summed E-state index contributed by atoms with van der Waals surface area (Å²) in [4.78, 5) is 26.2. The van der Waals surface area contributed by atoms with Crippen molar-refractivity contribution in [3.63, 3.8) is 0 Å². The number of aromatic nitrogens is 3. The van der Waals surface area contributed by atoms with Crippen LogP contribution in [0.25, 0.3) is 10.9 Å². The third kappa shape index (κ3) is 2.14. The van der Waals surface area contributed by atoms with Crippen molar-refractivity contribution in [2.24, 2.45) is 0 Å². The van der Waals surface area contributed by atoms with E-state index in [1.807, 2.05) is 12.1 Å². The van der Waals surface area contributed by atoms with Crippen molar-refractivity contribution in [3.05, 3.63) is 47.4 Å². The van der Waals surface area contributed by atoms with Gasteiger partial charge in [-0.25, -0.2) is 4.79 Å². The topological polar surface area (TPSA) is 111 Å². The molecule has 7 nitrogen and oxygen atoms in total. The zero-order valence-corrected chi connectivity index (χ0v) is 11.1. The highest BCUT2D eigenvalue weighted by Crippen LogP contribution is 2.21. The molecular formula is C14H12N4O3. The van der Waals surface area contributed by atoms with Gasteiger partial charge in [0.2, 0.25) is 0 Å². The Morgan fingerprint density at radius 3 is 2.81 bits per heavy atom. The Kier molecular flexibility index (Phi) is 2.94. The van der Waals surface area contributed by atoms with Crippen molar-refractivity contribution in [2.45, 2.75) is 6.92 Å². The van der Waals surface area contributed by atoms with Gasteiger partial charge in [0, 0.05) is 17.3 Å². The maximum absolute atomic E-state index is 12.3. The zero-order chi connectivity index (χ0) is 15.0. The number of aromatic carboxylic acids is 1. The average Bonchev–Trinajstić information content (AvgIpc) is 3.02.